The third kappa shape index (κ3) is 2.95. The first kappa shape index (κ1) is 12.0. The van der Waals surface area contributed by atoms with Crippen molar-refractivity contribution in [1.29, 1.82) is 0 Å². The van der Waals surface area contributed by atoms with E-state index in [1.807, 2.05) is 6.92 Å². The fourth-order valence-electron chi connectivity index (χ4n) is 1.23. The molecule has 0 aromatic heterocycles. The second kappa shape index (κ2) is 5.11. The average molecular weight is 220 g/mol. The summed E-state index contributed by atoms with van der Waals surface area (Å²) in [5.41, 5.74) is 1.60. The van der Waals surface area contributed by atoms with Crippen LogP contribution < -0.4 is 0 Å². The molecule has 0 spiro atoms. The van der Waals surface area contributed by atoms with Crippen molar-refractivity contribution in [2.24, 2.45) is 0 Å². The molecule has 1 aromatic carbocycles. The van der Waals surface area contributed by atoms with Gasteiger partial charge in [0.1, 0.15) is 0 Å². The number of hydrogen-bond donors (Lipinski definition) is 1. The number of ether oxygens (including phenoxy) is 1. The Hall–Kier alpha value is -2.10. The molecule has 0 saturated heterocycles. The maximum Gasteiger partial charge on any atom is 0.338 e. The minimum atomic E-state index is -1.18. The maximum absolute atomic E-state index is 11.4. The van der Waals surface area contributed by atoms with Crippen LogP contribution in [-0.2, 0) is 14.3 Å². The van der Waals surface area contributed by atoms with Crippen LogP contribution in [0.5, 0.6) is 0 Å². The molecule has 0 amide bonds. The Morgan fingerprint density at radius 3 is 2.25 bits per heavy atom. The minimum absolute atomic E-state index is 0.0370. The fourth-order valence-corrected chi connectivity index (χ4v) is 1.23. The van der Waals surface area contributed by atoms with Gasteiger partial charge in [0.2, 0.25) is 0 Å². The van der Waals surface area contributed by atoms with Crippen molar-refractivity contribution in [2.45, 2.75) is 6.92 Å². The minimum Gasteiger partial charge on any atom is -0.478 e. The zero-order chi connectivity index (χ0) is 12.1. The fraction of sp³-hybridized carbons (Fsp3) is 0.167. The lowest BCUT2D eigenvalue weighted by Crippen LogP contribution is -2.06. The Morgan fingerprint density at radius 1 is 1.25 bits per heavy atom. The van der Waals surface area contributed by atoms with Crippen molar-refractivity contribution >= 4 is 17.5 Å². The Bertz CT molecular complexity index is 429. The first-order chi connectivity index (χ1) is 7.54. The number of carboxylic acid groups (broad SMARTS) is 1. The normalized spacial score (nSPS) is 11.0. The monoisotopic (exact) mass is 220 g/mol. The van der Waals surface area contributed by atoms with Crippen LogP contribution >= 0.6 is 0 Å². The molecule has 4 nitrogen and oxygen atoms in total. The van der Waals surface area contributed by atoms with E-state index in [4.69, 9.17) is 5.11 Å². The third-order valence-corrected chi connectivity index (χ3v) is 2.04. The molecule has 4 heteroatoms. The van der Waals surface area contributed by atoms with Crippen LogP contribution in [0.25, 0.3) is 5.57 Å². The van der Waals surface area contributed by atoms with E-state index in [1.54, 1.807) is 24.3 Å². The van der Waals surface area contributed by atoms with Crippen molar-refractivity contribution in [3.63, 3.8) is 0 Å². The van der Waals surface area contributed by atoms with E-state index in [-0.39, 0.29) is 5.57 Å². The van der Waals surface area contributed by atoms with Crippen LogP contribution in [0.3, 0.4) is 0 Å². The van der Waals surface area contributed by atoms with Crippen molar-refractivity contribution < 1.29 is 19.4 Å². The number of carbonyl (C=O) groups is 2. The summed E-state index contributed by atoms with van der Waals surface area (Å²) >= 11 is 0. The molecule has 1 aromatic rings. The number of esters is 1. The van der Waals surface area contributed by atoms with E-state index < -0.39 is 11.9 Å². The van der Waals surface area contributed by atoms with Crippen LogP contribution in [0.2, 0.25) is 0 Å². The van der Waals surface area contributed by atoms with Gasteiger partial charge in [0.25, 0.3) is 0 Å². The standard InChI is InChI=1S/C12H12O4/c1-8-3-5-9(6-4-8)10(7-11(13)14)12(15)16-2/h3-7H,1-2H3,(H,13,14). The summed E-state index contributed by atoms with van der Waals surface area (Å²) in [5.74, 6) is -1.84. The molecule has 0 aliphatic heterocycles. The van der Waals surface area contributed by atoms with E-state index in [2.05, 4.69) is 4.74 Å². The number of rotatable bonds is 3. The first-order valence-electron chi connectivity index (χ1n) is 4.64. The summed E-state index contributed by atoms with van der Waals surface area (Å²) in [5, 5.41) is 8.66. The lowest BCUT2D eigenvalue weighted by molar-refractivity contribution is -0.135. The predicted molar refractivity (Wildman–Crippen MR) is 58.8 cm³/mol. The quantitative estimate of drug-likeness (QED) is 0.621. The number of carbonyl (C=O) groups excluding carboxylic acids is 1. The van der Waals surface area contributed by atoms with Crippen molar-refractivity contribution in [3.05, 3.63) is 41.5 Å². The van der Waals surface area contributed by atoms with Gasteiger partial charge in [-0.25, -0.2) is 9.59 Å². The van der Waals surface area contributed by atoms with Crippen LogP contribution in [0.4, 0.5) is 0 Å². The predicted octanol–water partition coefficient (Wildman–Crippen LogP) is 1.64. The summed E-state index contributed by atoms with van der Waals surface area (Å²) in [4.78, 5) is 22.0. The number of aryl methyl sites for hydroxylation is 1. The van der Waals surface area contributed by atoms with Gasteiger partial charge in [-0.1, -0.05) is 29.8 Å². The molecule has 0 fully saturated rings. The van der Waals surface area contributed by atoms with E-state index in [1.165, 1.54) is 7.11 Å². The number of hydrogen-bond acceptors (Lipinski definition) is 3. The molecule has 0 heterocycles. The van der Waals surface area contributed by atoms with Crippen molar-refractivity contribution in [2.75, 3.05) is 7.11 Å². The second-order valence-electron chi connectivity index (χ2n) is 3.25. The molecule has 16 heavy (non-hydrogen) atoms. The zero-order valence-corrected chi connectivity index (χ0v) is 9.06. The summed E-state index contributed by atoms with van der Waals surface area (Å²) in [6.07, 6.45) is 0.844. The Morgan fingerprint density at radius 2 is 1.81 bits per heavy atom. The zero-order valence-electron chi connectivity index (χ0n) is 9.06. The molecular weight excluding hydrogens is 208 g/mol. The van der Waals surface area contributed by atoms with Crippen molar-refractivity contribution in [1.82, 2.24) is 0 Å². The Labute approximate surface area is 93.2 Å². The van der Waals surface area contributed by atoms with E-state index >= 15 is 0 Å². The third-order valence-electron chi connectivity index (χ3n) is 2.04. The average Bonchev–Trinajstić information content (AvgIpc) is 2.26. The van der Waals surface area contributed by atoms with Crippen LogP contribution in [0, 0.1) is 6.92 Å². The lowest BCUT2D eigenvalue weighted by Gasteiger charge is -2.04. The van der Waals surface area contributed by atoms with Crippen LogP contribution in [-0.4, -0.2) is 24.2 Å². The van der Waals surface area contributed by atoms with Gasteiger partial charge in [-0.05, 0) is 12.5 Å². The van der Waals surface area contributed by atoms with Crippen molar-refractivity contribution in [3.8, 4) is 0 Å². The highest BCUT2D eigenvalue weighted by molar-refractivity contribution is 6.20. The summed E-state index contributed by atoms with van der Waals surface area (Å²) in [6, 6.07) is 6.96. The number of methoxy groups -OCH3 is 1. The van der Waals surface area contributed by atoms with Gasteiger partial charge in [0, 0.05) is 6.08 Å². The van der Waals surface area contributed by atoms with E-state index in [9.17, 15) is 9.59 Å². The Kier molecular flexibility index (Phi) is 3.83. The highest BCUT2D eigenvalue weighted by atomic mass is 16.5. The maximum atomic E-state index is 11.4. The molecule has 84 valence electrons. The second-order valence-corrected chi connectivity index (χ2v) is 3.25. The highest BCUT2D eigenvalue weighted by Gasteiger charge is 2.13. The number of carboxylic acids is 1. The van der Waals surface area contributed by atoms with Gasteiger partial charge in [-0.3, -0.25) is 0 Å². The molecule has 0 bridgehead atoms. The van der Waals surface area contributed by atoms with Gasteiger partial charge >= 0.3 is 11.9 Å². The molecular formula is C12H12O4. The molecule has 0 unspecified atom stereocenters. The van der Waals surface area contributed by atoms with Gasteiger partial charge in [-0.15, -0.1) is 0 Å². The van der Waals surface area contributed by atoms with Gasteiger partial charge in [0.15, 0.2) is 0 Å². The summed E-state index contributed by atoms with van der Waals surface area (Å²) in [6.45, 7) is 1.91. The molecule has 0 saturated carbocycles. The Balaban J connectivity index is 3.16. The molecule has 0 atom stereocenters. The first-order valence-corrected chi connectivity index (χ1v) is 4.64. The lowest BCUT2D eigenvalue weighted by atomic mass is 10.0. The van der Waals surface area contributed by atoms with Gasteiger partial charge < -0.3 is 9.84 Å². The van der Waals surface area contributed by atoms with E-state index in [0.717, 1.165) is 11.6 Å². The van der Waals surface area contributed by atoms with Crippen LogP contribution in [0.1, 0.15) is 11.1 Å². The molecule has 0 aliphatic rings. The smallest absolute Gasteiger partial charge is 0.338 e. The topological polar surface area (TPSA) is 63.6 Å². The molecule has 1 rings (SSSR count). The molecule has 0 aliphatic carbocycles. The van der Waals surface area contributed by atoms with Crippen LogP contribution in [0.15, 0.2) is 30.3 Å². The number of aliphatic carboxylic acids is 1. The van der Waals surface area contributed by atoms with E-state index in [0.29, 0.717) is 5.56 Å². The molecule has 1 N–H and O–H groups in total. The number of benzene rings is 1. The largest absolute Gasteiger partial charge is 0.478 e. The summed E-state index contributed by atoms with van der Waals surface area (Å²) < 4.78 is 4.53. The van der Waals surface area contributed by atoms with Gasteiger partial charge in [-0.2, -0.15) is 0 Å². The SMILES string of the molecule is COC(=O)C(=CC(=O)O)c1ccc(C)cc1. The summed E-state index contributed by atoms with van der Waals surface area (Å²) in [7, 11) is 1.21. The molecule has 0 radical (unpaired) electrons. The van der Waals surface area contributed by atoms with Gasteiger partial charge in [0.05, 0.1) is 12.7 Å². The highest BCUT2D eigenvalue weighted by Crippen LogP contribution is 2.16.